The lowest BCUT2D eigenvalue weighted by Gasteiger charge is -2.20. The second kappa shape index (κ2) is 5.75. The van der Waals surface area contributed by atoms with Crippen molar-refractivity contribution in [1.82, 2.24) is 5.32 Å². The molecule has 16 heavy (non-hydrogen) atoms. The second-order valence-corrected chi connectivity index (χ2v) is 4.70. The Morgan fingerprint density at radius 1 is 1.19 bits per heavy atom. The van der Waals surface area contributed by atoms with Gasteiger partial charge in [0.1, 0.15) is 18.1 Å². The first-order valence-corrected chi connectivity index (χ1v) is 5.53. The van der Waals surface area contributed by atoms with E-state index in [1.165, 1.54) is 0 Å². The zero-order valence-electron chi connectivity index (χ0n) is 10.5. The van der Waals surface area contributed by atoms with Gasteiger partial charge in [-0.2, -0.15) is 0 Å². The molecule has 1 aromatic carbocycles. The normalized spacial score (nSPS) is 11.2. The van der Waals surface area contributed by atoms with E-state index < -0.39 is 0 Å². The van der Waals surface area contributed by atoms with Crippen molar-refractivity contribution in [3.63, 3.8) is 0 Å². The van der Waals surface area contributed by atoms with Crippen LogP contribution in [0.3, 0.4) is 0 Å². The Bertz CT molecular complexity index is 318. The summed E-state index contributed by atoms with van der Waals surface area (Å²) in [7, 11) is 1.65. The third-order valence-corrected chi connectivity index (χ3v) is 2.07. The highest BCUT2D eigenvalue weighted by Crippen LogP contribution is 2.18. The highest BCUT2D eigenvalue weighted by atomic mass is 16.5. The number of hydrogen-bond acceptors (Lipinski definition) is 3. The van der Waals surface area contributed by atoms with Crippen LogP contribution in [0.5, 0.6) is 11.5 Å². The minimum absolute atomic E-state index is 0.137. The van der Waals surface area contributed by atoms with Gasteiger partial charge in [0.05, 0.1) is 7.11 Å². The quantitative estimate of drug-likeness (QED) is 0.778. The molecule has 0 fully saturated rings. The van der Waals surface area contributed by atoms with E-state index in [0.717, 1.165) is 18.0 Å². The van der Waals surface area contributed by atoms with Gasteiger partial charge in [-0.25, -0.2) is 0 Å². The molecule has 1 aromatic rings. The largest absolute Gasteiger partial charge is 0.497 e. The fraction of sp³-hybridized carbons (Fsp3) is 0.538. The smallest absolute Gasteiger partial charge is 0.123 e. The molecule has 0 unspecified atom stereocenters. The SMILES string of the molecule is COc1cccc(OCCNC(C)(C)C)c1. The van der Waals surface area contributed by atoms with E-state index in [-0.39, 0.29) is 5.54 Å². The van der Waals surface area contributed by atoms with E-state index in [4.69, 9.17) is 9.47 Å². The molecule has 3 heteroatoms. The third kappa shape index (κ3) is 5.03. The van der Waals surface area contributed by atoms with E-state index in [1.807, 2.05) is 24.3 Å². The Hall–Kier alpha value is -1.22. The molecule has 0 radical (unpaired) electrons. The summed E-state index contributed by atoms with van der Waals surface area (Å²) in [5.41, 5.74) is 0.137. The molecular weight excluding hydrogens is 202 g/mol. The van der Waals surface area contributed by atoms with Crippen LogP contribution in [0.2, 0.25) is 0 Å². The topological polar surface area (TPSA) is 30.5 Å². The van der Waals surface area contributed by atoms with Crippen molar-refractivity contribution in [2.45, 2.75) is 26.3 Å². The van der Waals surface area contributed by atoms with Crippen LogP contribution in [0.15, 0.2) is 24.3 Å². The van der Waals surface area contributed by atoms with Gasteiger partial charge in [-0.15, -0.1) is 0 Å². The number of hydrogen-bond donors (Lipinski definition) is 1. The molecule has 0 bridgehead atoms. The van der Waals surface area contributed by atoms with Gasteiger partial charge < -0.3 is 14.8 Å². The Morgan fingerprint density at radius 3 is 2.50 bits per heavy atom. The van der Waals surface area contributed by atoms with Gasteiger partial charge >= 0.3 is 0 Å². The summed E-state index contributed by atoms with van der Waals surface area (Å²) >= 11 is 0. The van der Waals surface area contributed by atoms with Crippen molar-refractivity contribution in [1.29, 1.82) is 0 Å². The number of rotatable bonds is 5. The maximum Gasteiger partial charge on any atom is 0.123 e. The molecule has 0 spiro atoms. The lowest BCUT2D eigenvalue weighted by Crippen LogP contribution is -2.38. The molecule has 0 saturated heterocycles. The second-order valence-electron chi connectivity index (χ2n) is 4.70. The Kier molecular flexibility index (Phi) is 4.62. The first-order chi connectivity index (χ1) is 7.51. The van der Waals surface area contributed by atoms with E-state index in [0.29, 0.717) is 6.61 Å². The zero-order valence-corrected chi connectivity index (χ0v) is 10.5. The molecule has 0 heterocycles. The Morgan fingerprint density at radius 2 is 1.88 bits per heavy atom. The first-order valence-electron chi connectivity index (χ1n) is 5.53. The minimum atomic E-state index is 0.137. The van der Waals surface area contributed by atoms with Crippen molar-refractivity contribution in [2.75, 3.05) is 20.3 Å². The van der Waals surface area contributed by atoms with Crippen LogP contribution in [0.1, 0.15) is 20.8 Å². The van der Waals surface area contributed by atoms with E-state index in [9.17, 15) is 0 Å². The average Bonchev–Trinajstić information content (AvgIpc) is 2.23. The van der Waals surface area contributed by atoms with E-state index in [1.54, 1.807) is 7.11 Å². The minimum Gasteiger partial charge on any atom is -0.497 e. The van der Waals surface area contributed by atoms with E-state index >= 15 is 0 Å². The lowest BCUT2D eigenvalue weighted by molar-refractivity contribution is 0.289. The number of ether oxygens (including phenoxy) is 2. The summed E-state index contributed by atoms with van der Waals surface area (Å²) < 4.78 is 10.7. The maximum atomic E-state index is 5.60. The van der Waals surface area contributed by atoms with Gasteiger partial charge in [-0.1, -0.05) is 6.07 Å². The molecule has 90 valence electrons. The van der Waals surface area contributed by atoms with Gasteiger partial charge in [-0.3, -0.25) is 0 Å². The summed E-state index contributed by atoms with van der Waals surface area (Å²) in [6, 6.07) is 7.64. The van der Waals surface area contributed by atoms with Crippen LogP contribution in [-0.2, 0) is 0 Å². The lowest BCUT2D eigenvalue weighted by atomic mass is 10.1. The van der Waals surface area contributed by atoms with Crippen LogP contribution in [0.4, 0.5) is 0 Å². The number of methoxy groups -OCH3 is 1. The zero-order chi connectivity index (χ0) is 12.0. The van der Waals surface area contributed by atoms with Gasteiger partial charge in [0, 0.05) is 18.2 Å². The summed E-state index contributed by atoms with van der Waals surface area (Å²) in [6.07, 6.45) is 0. The molecule has 1 N–H and O–H groups in total. The Balaban J connectivity index is 2.32. The standard InChI is InChI=1S/C13H21NO2/c1-13(2,3)14-8-9-16-12-7-5-6-11(10-12)15-4/h5-7,10,14H,8-9H2,1-4H3. The van der Waals surface area contributed by atoms with Gasteiger partial charge in [0.2, 0.25) is 0 Å². The molecule has 1 rings (SSSR count). The van der Waals surface area contributed by atoms with Gasteiger partial charge in [0.25, 0.3) is 0 Å². The molecule has 3 nitrogen and oxygen atoms in total. The van der Waals surface area contributed by atoms with Crippen LogP contribution < -0.4 is 14.8 Å². The number of nitrogens with one attached hydrogen (secondary N) is 1. The Labute approximate surface area is 97.8 Å². The van der Waals surface area contributed by atoms with Crippen molar-refractivity contribution in [3.8, 4) is 11.5 Å². The number of benzene rings is 1. The molecule has 0 aliphatic rings. The van der Waals surface area contributed by atoms with E-state index in [2.05, 4.69) is 26.1 Å². The van der Waals surface area contributed by atoms with Crippen molar-refractivity contribution >= 4 is 0 Å². The predicted octanol–water partition coefficient (Wildman–Crippen LogP) is 2.46. The fourth-order valence-electron chi connectivity index (χ4n) is 1.29. The summed E-state index contributed by atoms with van der Waals surface area (Å²) in [5.74, 6) is 1.66. The molecule has 0 aliphatic carbocycles. The van der Waals surface area contributed by atoms with Crippen molar-refractivity contribution in [3.05, 3.63) is 24.3 Å². The van der Waals surface area contributed by atoms with Gasteiger partial charge in [0.15, 0.2) is 0 Å². The van der Waals surface area contributed by atoms with Crippen molar-refractivity contribution in [2.24, 2.45) is 0 Å². The van der Waals surface area contributed by atoms with Crippen LogP contribution in [0, 0.1) is 0 Å². The summed E-state index contributed by atoms with van der Waals surface area (Å²) in [6.45, 7) is 7.90. The first kappa shape index (κ1) is 12.8. The highest BCUT2D eigenvalue weighted by Gasteiger charge is 2.07. The summed E-state index contributed by atoms with van der Waals surface area (Å²) in [4.78, 5) is 0. The van der Waals surface area contributed by atoms with Crippen LogP contribution >= 0.6 is 0 Å². The monoisotopic (exact) mass is 223 g/mol. The average molecular weight is 223 g/mol. The molecule has 0 aromatic heterocycles. The van der Waals surface area contributed by atoms with Crippen LogP contribution in [0.25, 0.3) is 0 Å². The molecular formula is C13H21NO2. The predicted molar refractivity (Wildman–Crippen MR) is 66.2 cm³/mol. The van der Waals surface area contributed by atoms with Crippen LogP contribution in [-0.4, -0.2) is 25.8 Å². The third-order valence-electron chi connectivity index (χ3n) is 2.07. The maximum absolute atomic E-state index is 5.60. The highest BCUT2D eigenvalue weighted by molar-refractivity contribution is 5.32. The van der Waals surface area contributed by atoms with Gasteiger partial charge in [-0.05, 0) is 32.9 Å². The van der Waals surface area contributed by atoms with Crippen molar-refractivity contribution < 1.29 is 9.47 Å². The molecule has 0 amide bonds. The summed E-state index contributed by atoms with van der Waals surface area (Å²) in [5, 5.41) is 3.36. The molecule has 0 atom stereocenters. The fourth-order valence-corrected chi connectivity index (χ4v) is 1.29. The molecule has 0 aliphatic heterocycles. The molecule has 0 saturated carbocycles.